The Hall–Kier alpha value is -1.77. The second kappa shape index (κ2) is 4.24. The minimum Gasteiger partial charge on any atom is -0.481 e. The van der Waals surface area contributed by atoms with Gasteiger partial charge in [-0.3, -0.25) is 4.79 Å². The summed E-state index contributed by atoms with van der Waals surface area (Å²) >= 11 is 0. The number of H-pyrrole nitrogens is 1. The molecule has 2 rings (SSSR count). The van der Waals surface area contributed by atoms with Gasteiger partial charge in [0, 0.05) is 23.0 Å². The molecular weight excluding hydrogens is 214 g/mol. The van der Waals surface area contributed by atoms with Crippen molar-refractivity contribution in [3.63, 3.8) is 0 Å². The van der Waals surface area contributed by atoms with E-state index < -0.39 is 5.97 Å². The highest BCUT2D eigenvalue weighted by molar-refractivity contribution is 5.87. The predicted molar refractivity (Wildman–Crippen MR) is 68.3 cm³/mol. The summed E-state index contributed by atoms with van der Waals surface area (Å²) in [5.74, 6) is -1.11. The lowest BCUT2D eigenvalue weighted by molar-refractivity contribution is -0.141. The van der Waals surface area contributed by atoms with Crippen LogP contribution in [0.15, 0.2) is 18.2 Å². The predicted octanol–water partition coefficient (Wildman–Crippen LogP) is 3.05. The Kier molecular flexibility index (Phi) is 2.92. The number of carbonyl (C=O) groups is 1. The van der Waals surface area contributed by atoms with E-state index in [0.717, 1.165) is 16.8 Å². The molecular formula is C14H17NO2. The van der Waals surface area contributed by atoms with E-state index >= 15 is 0 Å². The molecule has 1 aromatic heterocycles. The highest BCUT2D eigenvalue weighted by atomic mass is 16.4. The van der Waals surface area contributed by atoms with Gasteiger partial charge in [-0.05, 0) is 25.0 Å². The van der Waals surface area contributed by atoms with Gasteiger partial charge in [0.15, 0.2) is 0 Å². The lowest BCUT2D eigenvalue weighted by Gasteiger charge is -2.04. The highest BCUT2D eigenvalue weighted by Gasteiger charge is 2.16. The molecule has 17 heavy (non-hydrogen) atoms. The second-order valence-electron chi connectivity index (χ2n) is 4.67. The van der Waals surface area contributed by atoms with E-state index in [1.165, 1.54) is 10.9 Å². The van der Waals surface area contributed by atoms with E-state index in [9.17, 15) is 4.79 Å². The van der Waals surface area contributed by atoms with E-state index in [1.807, 2.05) is 13.0 Å². The van der Waals surface area contributed by atoms with Crippen LogP contribution in [0.1, 0.15) is 23.7 Å². The largest absolute Gasteiger partial charge is 0.481 e. The van der Waals surface area contributed by atoms with Crippen LogP contribution in [0.25, 0.3) is 10.9 Å². The van der Waals surface area contributed by atoms with Crippen LogP contribution in [-0.2, 0) is 11.2 Å². The first-order valence-corrected chi connectivity index (χ1v) is 5.80. The van der Waals surface area contributed by atoms with Gasteiger partial charge in [0.2, 0.25) is 0 Å². The lowest BCUT2D eigenvalue weighted by atomic mass is 10.0. The lowest BCUT2D eigenvalue weighted by Crippen LogP contribution is -2.12. The maximum Gasteiger partial charge on any atom is 0.306 e. The fourth-order valence-corrected chi connectivity index (χ4v) is 2.15. The summed E-state index contributed by atoms with van der Waals surface area (Å²) < 4.78 is 0. The number of hydrogen-bond acceptors (Lipinski definition) is 1. The van der Waals surface area contributed by atoms with Crippen molar-refractivity contribution < 1.29 is 9.90 Å². The molecule has 0 spiro atoms. The summed E-state index contributed by atoms with van der Waals surface area (Å²) in [5, 5.41) is 10.1. The number of aromatic nitrogens is 1. The Bertz CT molecular complexity index is 569. The van der Waals surface area contributed by atoms with Crippen LogP contribution in [0, 0.1) is 19.8 Å². The third kappa shape index (κ3) is 2.05. The number of hydrogen-bond donors (Lipinski definition) is 2. The molecule has 90 valence electrons. The van der Waals surface area contributed by atoms with Crippen LogP contribution in [0.4, 0.5) is 0 Å². The van der Waals surface area contributed by atoms with Crippen molar-refractivity contribution in [1.29, 1.82) is 0 Å². The summed E-state index contributed by atoms with van der Waals surface area (Å²) in [7, 11) is 0. The molecule has 2 N–H and O–H groups in total. The van der Waals surface area contributed by atoms with Crippen LogP contribution >= 0.6 is 0 Å². The third-order valence-electron chi connectivity index (χ3n) is 3.34. The van der Waals surface area contributed by atoms with Gasteiger partial charge in [-0.2, -0.15) is 0 Å². The third-order valence-corrected chi connectivity index (χ3v) is 3.34. The monoisotopic (exact) mass is 231 g/mol. The van der Waals surface area contributed by atoms with Crippen LogP contribution in [0.2, 0.25) is 0 Å². The zero-order chi connectivity index (χ0) is 12.6. The van der Waals surface area contributed by atoms with Gasteiger partial charge in [0.05, 0.1) is 5.92 Å². The molecule has 3 nitrogen and oxygen atoms in total. The maximum atomic E-state index is 10.9. The minimum absolute atomic E-state index is 0.359. The number of para-hydroxylation sites is 1. The molecule has 1 aromatic carbocycles. The zero-order valence-corrected chi connectivity index (χ0v) is 10.4. The molecule has 1 unspecified atom stereocenters. The van der Waals surface area contributed by atoms with E-state index in [1.54, 1.807) is 6.92 Å². The van der Waals surface area contributed by atoms with Gasteiger partial charge in [-0.15, -0.1) is 0 Å². The number of carboxylic acid groups (broad SMARTS) is 1. The molecule has 1 heterocycles. The Morgan fingerprint density at radius 3 is 2.71 bits per heavy atom. The number of nitrogens with one attached hydrogen (secondary N) is 1. The summed E-state index contributed by atoms with van der Waals surface area (Å²) in [6.07, 6.45) is 0.551. The summed E-state index contributed by atoms with van der Waals surface area (Å²) in [6, 6.07) is 6.16. The zero-order valence-electron chi connectivity index (χ0n) is 10.4. The van der Waals surface area contributed by atoms with Crippen molar-refractivity contribution in [3.8, 4) is 0 Å². The molecule has 3 heteroatoms. The maximum absolute atomic E-state index is 10.9. The number of carboxylic acids is 1. The summed E-state index contributed by atoms with van der Waals surface area (Å²) in [6.45, 7) is 5.84. The first kappa shape index (κ1) is 11.7. The van der Waals surface area contributed by atoms with Crippen LogP contribution in [0.3, 0.4) is 0 Å². The molecule has 0 bridgehead atoms. The molecule has 1 atom stereocenters. The Morgan fingerprint density at radius 2 is 2.12 bits per heavy atom. The van der Waals surface area contributed by atoms with Crippen molar-refractivity contribution in [3.05, 3.63) is 35.0 Å². The molecule has 2 aromatic rings. The van der Waals surface area contributed by atoms with Gasteiger partial charge in [-0.25, -0.2) is 0 Å². The van der Waals surface area contributed by atoms with E-state index in [-0.39, 0.29) is 5.92 Å². The summed E-state index contributed by atoms with van der Waals surface area (Å²) in [5.41, 5.74) is 4.51. The van der Waals surface area contributed by atoms with Crippen LogP contribution in [-0.4, -0.2) is 16.1 Å². The van der Waals surface area contributed by atoms with Crippen molar-refractivity contribution >= 4 is 16.9 Å². The standard InChI is InChI=1S/C14H17NO2/c1-8-5-4-6-11-10(3)12(15-13(8)11)7-9(2)14(16)17/h4-6,9,15H,7H2,1-3H3,(H,16,17). The van der Waals surface area contributed by atoms with Crippen LogP contribution in [0.5, 0.6) is 0 Å². The molecule has 0 amide bonds. The fourth-order valence-electron chi connectivity index (χ4n) is 2.15. The van der Waals surface area contributed by atoms with E-state index in [4.69, 9.17) is 5.11 Å². The average Bonchev–Trinajstić information content (AvgIpc) is 2.58. The Balaban J connectivity index is 2.46. The number of aromatic amines is 1. The minimum atomic E-state index is -0.750. The average molecular weight is 231 g/mol. The molecule has 0 radical (unpaired) electrons. The van der Waals surface area contributed by atoms with Crippen molar-refractivity contribution in [2.75, 3.05) is 0 Å². The molecule has 0 aliphatic heterocycles. The molecule has 0 fully saturated rings. The topological polar surface area (TPSA) is 53.1 Å². The molecule has 0 aliphatic carbocycles. The Labute approximate surface area is 100 Å². The molecule has 0 aliphatic rings. The number of benzene rings is 1. The SMILES string of the molecule is Cc1c(CC(C)C(=O)O)[nH]c2c(C)cccc12. The highest BCUT2D eigenvalue weighted by Crippen LogP contribution is 2.25. The molecule has 0 saturated carbocycles. The van der Waals surface area contributed by atoms with Gasteiger partial charge in [0.25, 0.3) is 0 Å². The number of fused-ring (bicyclic) bond motifs is 1. The van der Waals surface area contributed by atoms with Gasteiger partial charge < -0.3 is 10.1 Å². The quantitative estimate of drug-likeness (QED) is 0.853. The van der Waals surface area contributed by atoms with Crippen molar-refractivity contribution in [2.45, 2.75) is 27.2 Å². The van der Waals surface area contributed by atoms with Gasteiger partial charge in [-0.1, -0.05) is 25.1 Å². The first-order chi connectivity index (χ1) is 8.00. The molecule has 0 saturated heterocycles. The van der Waals surface area contributed by atoms with Gasteiger partial charge in [0.1, 0.15) is 0 Å². The van der Waals surface area contributed by atoms with Gasteiger partial charge >= 0.3 is 5.97 Å². The smallest absolute Gasteiger partial charge is 0.306 e. The van der Waals surface area contributed by atoms with E-state index in [2.05, 4.69) is 24.0 Å². The van der Waals surface area contributed by atoms with Crippen molar-refractivity contribution in [1.82, 2.24) is 4.98 Å². The normalized spacial score (nSPS) is 12.9. The second-order valence-corrected chi connectivity index (χ2v) is 4.67. The van der Waals surface area contributed by atoms with Crippen LogP contribution < -0.4 is 0 Å². The summed E-state index contributed by atoms with van der Waals surface area (Å²) in [4.78, 5) is 14.2. The number of aryl methyl sites for hydroxylation is 2. The first-order valence-electron chi connectivity index (χ1n) is 5.80. The number of rotatable bonds is 3. The van der Waals surface area contributed by atoms with Crippen molar-refractivity contribution in [2.24, 2.45) is 5.92 Å². The number of aliphatic carboxylic acids is 1. The van der Waals surface area contributed by atoms with E-state index in [0.29, 0.717) is 6.42 Å². The Morgan fingerprint density at radius 1 is 1.41 bits per heavy atom. The fraction of sp³-hybridized carbons (Fsp3) is 0.357.